The van der Waals surface area contributed by atoms with Gasteiger partial charge in [0.05, 0.1) is 6.61 Å². The summed E-state index contributed by atoms with van der Waals surface area (Å²) in [5, 5.41) is 6.27. The van der Waals surface area contributed by atoms with Crippen LogP contribution in [0.2, 0.25) is 0 Å². The van der Waals surface area contributed by atoms with Crippen LogP contribution in [0.15, 0.2) is 0 Å². The molecule has 2 unspecified atom stereocenters. The van der Waals surface area contributed by atoms with E-state index in [2.05, 4.69) is 32.5 Å². The van der Waals surface area contributed by atoms with Gasteiger partial charge in [0.1, 0.15) is 0 Å². The highest BCUT2D eigenvalue weighted by Crippen LogP contribution is 2.29. The third-order valence-corrected chi connectivity index (χ3v) is 3.92. The van der Waals surface area contributed by atoms with Crippen LogP contribution in [0, 0.1) is 11.8 Å². The zero-order chi connectivity index (χ0) is 14.4. The summed E-state index contributed by atoms with van der Waals surface area (Å²) in [5.74, 6) is 2.59. The van der Waals surface area contributed by atoms with Crippen LogP contribution in [0.5, 0.6) is 6.01 Å². The normalized spacial score (nSPS) is 22.4. The minimum absolute atomic E-state index is 0.367. The summed E-state index contributed by atoms with van der Waals surface area (Å²) in [7, 11) is 1.79. The SMILES string of the molecule is CCOc1nc(NC)nc(NCC2CCCCC2C)n1. The van der Waals surface area contributed by atoms with Crippen molar-refractivity contribution in [3.8, 4) is 6.01 Å². The van der Waals surface area contributed by atoms with Gasteiger partial charge in [-0.15, -0.1) is 0 Å². The molecule has 0 amide bonds. The van der Waals surface area contributed by atoms with E-state index in [-0.39, 0.29) is 0 Å². The highest BCUT2D eigenvalue weighted by Gasteiger charge is 2.21. The van der Waals surface area contributed by atoms with Gasteiger partial charge in [-0.25, -0.2) is 0 Å². The molecule has 2 rings (SSSR count). The molecular formula is C14H25N5O. The van der Waals surface area contributed by atoms with Gasteiger partial charge in [-0.1, -0.05) is 26.2 Å². The molecule has 0 spiro atoms. The van der Waals surface area contributed by atoms with Crippen molar-refractivity contribution in [1.82, 2.24) is 15.0 Å². The maximum Gasteiger partial charge on any atom is 0.323 e. The lowest BCUT2D eigenvalue weighted by Crippen LogP contribution is -2.25. The number of hydrogen-bond donors (Lipinski definition) is 2. The average Bonchev–Trinajstić information content (AvgIpc) is 2.46. The molecule has 1 heterocycles. The summed E-state index contributed by atoms with van der Waals surface area (Å²) in [4.78, 5) is 12.8. The Labute approximate surface area is 120 Å². The maximum atomic E-state index is 5.36. The number of nitrogens with zero attached hydrogens (tertiary/aromatic N) is 3. The second kappa shape index (κ2) is 7.26. The van der Waals surface area contributed by atoms with Crippen LogP contribution in [0.1, 0.15) is 39.5 Å². The molecule has 1 saturated carbocycles. The van der Waals surface area contributed by atoms with E-state index in [9.17, 15) is 0 Å². The zero-order valence-corrected chi connectivity index (χ0v) is 12.6. The molecule has 0 aromatic carbocycles. The average molecular weight is 279 g/mol. The smallest absolute Gasteiger partial charge is 0.323 e. The van der Waals surface area contributed by atoms with E-state index in [1.165, 1.54) is 25.7 Å². The lowest BCUT2D eigenvalue weighted by Gasteiger charge is -2.28. The molecule has 1 aromatic rings. The Morgan fingerprint density at radius 1 is 1.15 bits per heavy atom. The number of rotatable bonds is 6. The third kappa shape index (κ3) is 3.95. The van der Waals surface area contributed by atoms with E-state index in [4.69, 9.17) is 4.74 Å². The highest BCUT2D eigenvalue weighted by atomic mass is 16.5. The molecule has 0 aliphatic heterocycles. The van der Waals surface area contributed by atoms with Crippen LogP contribution in [0.25, 0.3) is 0 Å². The molecule has 1 fully saturated rings. The molecule has 1 aliphatic carbocycles. The van der Waals surface area contributed by atoms with E-state index in [1.807, 2.05) is 6.92 Å². The molecule has 2 N–H and O–H groups in total. The second-order valence-corrected chi connectivity index (χ2v) is 5.35. The quantitative estimate of drug-likeness (QED) is 0.834. The summed E-state index contributed by atoms with van der Waals surface area (Å²) < 4.78 is 5.36. The highest BCUT2D eigenvalue weighted by molar-refractivity contribution is 5.35. The predicted octanol–water partition coefficient (Wildman–Crippen LogP) is 2.55. The van der Waals surface area contributed by atoms with Crippen LogP contribution >= 0.6 is 0 Å². The molecule has 112 valence electrons. The fraction of sp³-hybridized carbons (Fsp3) is 0.786. The Hall–Kier alpha value is -1.59. The van der Waals surface area contributed by atoms with Crippen molar-refractivity contribution in [2.75, 3.05) is 30.8 Å². The van der Waals surface area contributed by atoms with Gasteiger partial charge in [-0.3, -0.25) is 0 Å². The Morgan fingerprint density at radius 3 is 2.60 bits per heavy atom. The minimum Gasteiger partial charge on any atom is -0.464 e. The van der Waals surface area contributed by atoms with Crippen molar-refractivity contribution < 1.29 is 4.74 Å². The molecular weight excluding hydrogens is 254 g/mol. The first-order valence-electron chi connectivity index (χ1n) is 7.53. The largest absolute Gasteiger partial charge is 0.464 e. The molecule has 6 heteroatoms. The topological polar surface area (TPSA) is 72.0 Å². The number of hydrogen-bond acceptors (Lipinski definition) is 6. The van der Waals surface area contributed by atoms with Crippen molar-refractivity contribution in [3.05, 3.63) is 0 Å². The molecule has 1 aromatic heterocycles. The van der Waals surface area contributed by atoms with E-state index in [1.54, 1.807) is 7.05 Å². The predicted molar refractivity (Wildman–Crippen MR) is 80.2 cm³/mol. The zero-order valence-electron chi connectivity index (χ0n) is 12.6. The van der Waals surface area contributed by atoms with Crippen LogP contribution in [-0.4, -0.2) is 35.2 Å². The van der Waals surface area contributed by atoms with Gasteiger partial charge in [0.25, 0.3) is 0 Å². The fourth-order valence-electron chi connectivity index (χ4n) is 2.66. The molecule has 0 bridgehead atoms. The maximum absolute atomic E-state index is 5.36. The van der Waals surface area contributed by atoms with Crippen molar-refractivity contribution in [2.45, 2.75) is 39.5 Å². The standard InChI is InChI=1S/C14H25N5O/c1-4-20-14-18-12(15-3)17-13(19-14)16-9-11-8-6-5-7-10(11)2/h10-11H,4-9H2,1-3H3,(H2,15,16,17,18,19). The second-order valence-electron chi connectivity index (χ2n) is 5.35. The summed E-state index contributed by atoms with van der Waals surface area (Å²) in [6.07, 6.45) is 5.31. The summed E-state index contributed by atoms with van der Waals surface area (Å²) in [6, 6.07) is 0.367. The van der Waals surface area contributed by atoms with Gasteiger partial charge in [0, 0.05) is 13.6 Å². The van der Waals surface area contributed by atoms with Gasteiger partial charge in [0.2, 0.25) is 11.9 Å². The van der Waals surface area contributed by atoms with Crippen LogP contribution in [0.4, 0.5) is 11.9 Å². The summed E-state index contributed by atoms with van der Waals surface area (Å²) in [6.45, 7) is 5.72. The molecule has 1 aliphatic rings. The van der Waals surface area contributed by atoms with Crippen LogP contribution in [0.3, 0.4) is 0 Å². The lowest BCUT2D eigenvalue weighted by molar-refractivity contribution is 0.268. The fourth-order valence-corrected chi connectivity index (χ4v) is 2.66. The minimum atomic E-state index is 0.367. The summed E-state index contributed by atoms with van der Waals surface area (Å²) in [5.41, 5.74) is 0. The first-order valence-corrected chi connectivity index (χ1v) is 7.53. The van der Waals surface area contributed by atoms with Gasteiger partial charge in [-0.2, -0.15) is 15.0 Å². The molecule has 0 radical (unpaired) electrons. The monoisotopic (exact) mass is 279 g/mol. The van der Waals surface area contributed by atoms with Crippen molar-refractivity contribution in [1.29, 1.82) is 0 Å². The Bertz CT molecular complexity index is 426. The Morgan fingerprint density at radius 2 is 1.90 bits per heavy atom. The number of aromatic nitrogens is 3. The third-order valence-electron chi connectivity index (χ3n) is 3.92. The van der Waals surface area contributed by atoms with Crippen LogP contribution in [-0.2, 0) is 0 Å². The van der Waals surface area contributed by atoms with E-state index >= 15 is 0 Å². The number of nitrogens with one attached hydrogen (secondary N) is 2. The molecule has 20 heavy (non-hydrogen) atoms. The van der Waals surface area contributed by atoms with Gasteiger partial charge in [-0.05, 0) is 25.2 Å². The lowest BCUT2D eigenvalue weighted by atomic mass is 9.80. The Balaban J connectivity index is 1.98. The molecule has 2 atom stereocenters. The number of anilines is 2. The first kappa shape index (κ1) is 14.8. The van der Waals surface area contributed by atoms with Gasteiger partial charge in [0.15, 0.2) is 0 Å². The van der Waals surface area contributed by atoms with E-state index < -0.39 is 0 Å². The molecule has 0 saturated heterocycles. The van der Waals surface area contributed by atoms with E-state index in [0.29, 0.717) is 30.4 Å². The van der Waals surface area contributed by atoms with E-state index in [0.717, 1.165) is 12.5 Å². The Kier molecular flexibility index (Phi) is 5.38. The van der Waals surface area contributed by atoms with Gasteiger partial charge >= 0.3 is 6.01 Å². The molecule has 6 nitrogen and oxygen atoms in total. The van der Waals surface area contributed by atoms with Crippen molar-refractivity contribution >= 4 is 11.9 Å². The summed E-state index contributed by atoms with van der Waals surface area (Å²) >= 11 is 0. The van der Waals surface area contributed by atoms with Crippen molar-refractivity contribution in [3.63, 3.8) is 0 Å². The first-order chi connectivity index (χ1) is 9.72. The van der Waals surface area contributed by atoms with Crippen molar-refractivity contribution in [2.24, 2.45) is 11.8 Å². The van der Waals surface area contributed by atoms with Gasteiger partial charge < -0.3 is 15.4 Å². The number of ether oxygens (including phenoxy) is 1. The van der Waals surface area contributed by atoms with Crippen LogP contribution < -0.4 is 15.4 Å².